The molecule has 1 rings (SSSR count). The Balaban J connectivity index is 2.54. The van der Waals surface area contributed by atoms with E-state index in [2.05, 4.69) is 9.72 Å². The number of ether oxygens (including phenoxy) is 1. The van der Waals surface area contributed by atoms with Crippen molar-refractivity contribution >= 4 is 18.0 Å². The lowest BCUT2D eigenvalue weighted by atomic mass is 10.1. The zero-order chi connectivity index (χ0) is 14.3. The molecule has 5 heteroatoms. The van der Waals surface area contributed by atoms with Gasteiger partial charge in [-0.1, -0.05) is 13.0 Å². The van der Waals surface area contributed by atoms with Crippen LogP contribution in [0.1, 0.15) is 12.5 Å². The van der Waals surface area contributed by atoms with E-state index >= 15 is 0 Å². The van der Waals surface area contributed by atoms with Gasteiger partial charge in [-0.3, -0.25) is 14.6 Å². The molecule has 0 spiro atoms. The van der Waals surface area contributed by atoms with Crippen LogP contribution in [-0.4, -0.2) is 42.5 Å². The van der Waals surface area contributed by atoms with E-state index in [-0.39, 0.29) is 17.8 Å². The zero-order valence-electron chi connectivity index (χ0n) is 11.4. The van der Waals surface area contributed by atoms with Gasteiger partial charge in [-0.25, -0.2) is 0 Å². The second-order valence-electron chi connectivity index (χ2n) is 4.26. The third-order valence-electron chi connectivity index (χ3n) is 2.63. The van der Waals surface area contributed by atoms with E-state index in [9.17, 15) is 9.59 Å². The van der Waals surface area contributed by atoms with Crippen molar-refractivity contribution in [3.63, 3.8) is 0 Å². The van der Waals surface area contributed by atoms with Crippen molar-refractivity contribution in [1.29, 1.82) is 0 Å². The first-order chi connectivity index (χ1) is 9.04. The summed E-state index contributed by atoms with van der Waals surface area (Å²) in [5.41, 5.74) is 0.852. The molecule has 0 saturated carbocycles. The monoisotopic (exact) mass is 262 g/mol. The predicted molar refractivity (Wildman–Crippen MR) is 72.1 cm³/mol. The fourth-order valence-corrected chi connectivity index (χ4v) is 1.55. The average Bonchev–Trinajstić information content (AvgIpc) is 2.44. The molecule has 5 nitrogen and oxygen atoms in total. The van der Waals surface area contributed by atoms with Gasteiger partial charge in [-0.2, -0.15) is 0 Å². The molecule has 1 amide bonds. The number of esters is 1. The molecule has 1 unspecified atom stereocenters. The maximum Gasteiger partial charge on any atom is 0.310 e. The molecule has 0 aliphatic carbocycles. The van der Waals surface area contributed by atoms with Crippen molar-refractivity contribution in [2.45, 2.75) is 6.92 Å². The number of likely N-dealkylation sites (N-methyl/N-ethyl adjacent to an activating group) is 1. The smallest absolute Gasteiger partial charge is 0.310 e. The van der Waals surface area contributed by atoms with Gasteiger partial charge >= 0.3 is 5.97 Å². The molecule has 1 aromatic heterocycles. The van der Waals surface area contributed by atoms with Gasteiger partial charge in [-0.05, 0) is 17.7 Å². The zero-order valence-corrected chi connectivity index (χ0v) is 11.4. The highest BCUT2D eigenvalue weighted by Crippen LogP contribution is 2.03. The van der Waals surface area contributed by atoms with E-state index in [0.717, 1.165) is 5.56 Å². The molecule has 0 saturated heterocycles. The Bertz CT molecular complexity index is 457. The molecule has 0 radical (unpaired) electrons. The van der Waals surface area contributed by atoms with E-state index in [4.69, 9.17) is 0 Å². The van der Waals surface area contributed by atoms with E-state index in [1.807, 2.05) is 6.07 Å². The lowest BCUT2D eigenvalue weighted by Crippen LogP contribution is -2.33. The van der Waals surface area contributed by atoms with Crippen molar-refractivity contribution in [3.05, 3.63) is 36.2 Å². The van der Waals surface area contributed by atoms with Crippen LogP contribution < -0.4 is 0 Å². The molecule has 0 fully saturated rings. The summed E-state index contributed by atoms with van der Waals surface area (Å²) < 4.78 is 4.62. The van der Waals surface area contributed by atoms with Crippen molar-refractivity contribution in [1.82, 2.24) is 9.88 Å². The molecule has 0 aromatic carbocycles. The Labute approximate surface area is 112 Å². The SMILES string of the molecule is COC(=O)C(C)CN(C)C(=O)C=Cc1cccnc1. The van der Waals surface area contributed by atoms with Crippen LogP contribution in [0.2, 0.25) is 0 Å². The summed E-state index contributed by atoms with van der Waals surface area (Å²) in [5, 5.41) is 0. The summed E-state index contributed by atoms with van der Waals surface area (Å²) in [6, 6.07) is 3.65. The van der Waals surface area contributed by atoms with Crippen LogP contribution in [0.25, 0.3) is 6.08 Å². The number of hydrogen-bond donors (Lipinski definition) is 0. The van der Waals surface area contributed by atoms with Gasteiger partial charge in [-0.15, -0.1) is 0 Å². The molecule has 0 aliphatic rings. The Hall–Kier alpha value is -2.17. The standard InChI is InChI=1S/C14H18N2O3/c1-11(14(18)19-3)10-16(2)13(17)7-6-12-5-4-8-15-9-12/h4-9,11H,10H2,1-3H3. The van der Waals surface area contributed by atoms with Crippen LogP contribution in [-0.2, 0) is 14.3 Å². The minimum atomic E-state index is -0.342. The number of hydrogen-bond acceptors (Lipinski definition) is 4. The maximum absolute atomic E-state index is 11.8. The number of carbonyl (C=O) groups is 2. The molecule has 0 bridgehead atoms. The number of amides is 1. The number of carbonyl (C=O) groups excluding carboxylic acids is 2. The Kier molecular flexibility index (Phi) is 5.73. The molecule has 1 atom stereocenters. The topological polar surface area (TPSA) is 59.5 Å². The minimum absolute atomic E-state index is 0.167. The van der Waals surface area contributed by atoms with Crippen molar-refractivity contribution in [2.24, 2.45) is 5.92 Å². The summed E-state index contributed by atoms with van der Waals surface area (Å²) in [7, 11) is 2.98. The summed E-state index contributed by atoms with van der Waals surface area (Å²) in [6.45, 7) is 2.04. The van der Waals surface area contributed by atoms with E-state index < -0.39 is 0 Å². The summed E-state index contributed by atoms with van der Waals surface area (Å²) in [4.78, 5) is 28.5. The Morgan fingerprint density at radius 1 is 1.53 bits per heavy atom. The van der Waals surface area contributed by atoms with Crippen LogP contribution in [0.15, 0.2) is 30.6 Å². The van der Waals surface area contributed by atoms with E-state index in [1.54, 1.807) is 38.5 Å². The quantitative estimate of drug-likeness (QED) is 0.594. The largest absolute Gasteiger partial charge is 0.469 e. The number of aromatic nitrogens is 1. The molecule has 1 heterocycles. The molecular formula is C14H18N2O3. The molecule has 1 aromatic rings. The first-order valence-electron chi connectivity index (χ1n) is 5.95. The number of pyridine rings is 1. The van der Waals surface area contributed by atoms with E-state index in [1.165, 1.54) is 18.1 Å². The van der Waals surface area contributed by atoms with Crippen LogP contribution >= 0.6 is 0 Å². The normalized spacial score (nSPS) is 12.2. The average molecular weight is 262 g/mol. The van der Waals surface area contributed by atoms with Gasteiger partial charge < -0.3 is 9.64 Å². The van der Waals surface area contributed by atoms with Crippen molar-refractivity contribution < 1.29 is 14.3 Å². The fraction of sp³-hybridized carbons (Fsp3) is 0.357. The highest BCUT2D eigenvalue weighted by molar-refractivity contribution is 5.91. The third-order valence-corrected chi connectivity index (χ3v) is 2.63. The van der Waals surface area contributed by atoms with Crippen LogP contribution in [0.5, 0.6) is 0 Å². The highest BCUT2D eigenvalue weighted by atomic mass is 16.5. The van der Waals surface area contributed by atoms with E-state index in [0.29, 0.717) is 6.54 Å². The maximum atomic E-state index is 11.8. The third kappa shape index (κ3) is 4.91. The molecule has 19 heavy (non-hydrogen) atoms. The van der Waals surface area contributed by atoms with Gasteiger partial charge in [0.25, 0.3) is 0 Å². The van der Waals surface area contributed by atoms with Gasteiger partial charge in [0.1, 0.15) is 0 Å². The molecule has 0 N–H and O–H groups in total. The van der Waals surface area contributed by atoms with Gasteiger partial charge in [0.15, 0.2) is 0 Å². The molecule has 0 aliphatic heterocycles. The summed E-state index contributed by atoms with van der Waals surface area (Å²) >= 11 is 0. The lowest BCUT2D eigenvalue weighted by Gasteiger charge is -2.18. The summed E-state index contributed by atoms with van der Waals surface area (Å²) in [5.74, 6) is -0.832. The predicted octanol–water partition coefficient (Wildman–Crippen LogP) is 1.36. The first kappa shape index (κ1) is 14.9. The minimum Gasteiger partial charge on any atom is -0.469 e. The second-order valence-corrected chi connectivity index (χ2v) is 4.26. The highest BCUT2D eigenvalue weighted by Gasteiger charge is 2.17. The number of nitrogens with zero attached hydrogens (tertiary/aromatic N) is 2. The van der Waals surface area contributed by atoms with Crippen LogP contribution in [0.3, 0.4) is 0 Å². The number of rotatable bonds is 5. The lowest BCUT2D eigenvalue weighted by molar-refractivity contribution is -0.145. The first-order valence-corrected chi connectivity index (χ1v) is 5.95. The molecule has 102 valence electrons. The second kappa shape index (κ2) is 7.31. The number of methoxy groups -OCH3 is 1. The van der Waals surface area contributed by atoms with Crippen molar-refractivity contribution in [3.8, 4) is 0 Å². The van der Waals surface area contributed by atoms with Gasteiger partial charge in [0, 0.05) is 32.1 Å². The van der Waals surface area contributed by atoms with Crippen molar-refractivity contribution in [2.75, 3.05) is 20.7 Å². The van der Waals surface area contributed by atoms with Gasteiger partial charge in [0.05, 0.1) is 13.0 Å². The molecular weight excluding hydrogens is 244 g/mol. The van der Waals surface area contributed by atoms with Crippen LogP contribution in [0, 0.1) is 5.92 Å². The van der Waals surface area contributed by atoms with Gasteiger partial charge in [0.2, 0.25) is 5.91 Å². The fourth-order valence-electron chi connectivity index (χ4n) is 1.55. The Morgan fingerprint density at radius 3 is 2.84 bits per heavy atom. The van der Waals surface area contributed by atoms with Crippen LogP contribution in [0.4, 0.5) is 0 Å². The summed E-state index contributed by atoms with van der Waals surface area (Å²) in [6.07, 6.45) is 6.49. The Morgan fingerprint density at radius 2 is 2.26 bits per heavy atom.